The fourth-order valence-corrected chi connectivity index (χ4v) is 5.58. The normalized spacial score (nSPS) is 22.6. The fourth-order valence-electron chi connectivity index (χ4n) is 5.58. The molecule has 33 heavy (non-hydrogen) atoms. The van der Waals surface area contributed by atoms with E-state index in [1.165, 1.54) is 7.11 Å². The van der Waals surface area contributed by atoms with Crippen LogP contribution in [0.2, 0.25) is 0 Å². The van der Waals surface area contributed by atoms with Crippen LogP contribution in [-0.2, 0) is 16.1 Å². The zero-order chi connectivity index (χ0) is 23.1. The van der Waals surface area contributed by atoms with Gasteiger partial charge in [-0.25, -0.2) is 4.98 Å². The van der Waals surface area contributed by atoms with Crippen molar-refractivity contribution in [2.24, 2.45) is 10.8 Å². The van der Waals surface area contributed by atoms with Gasteiger partial charge in [0.15, 0.2) is 0 Å². The summed E-state index contributed by atoms with van der Waals surface area (Å²) in [7, 11) is 4.78. The lowest BCUT2D eigenvalue weighted by atomic mass is 9.35. The summed E-state index contributed by atoms with van der Waals surface area (Å²) in [5.74, 6) is 2.30. The van der Waals surface area contributed by atoms with E-state index in [2.05, 4.69) is 27.8 Å². The van der Waals surface area contributed by atoms with Crippen molar-refractivity contribution in [3.63, 3.8) is 0 Å². The maximum Gasteiger partial charge on any atom is 0.311 e. The number of methoxy groups -OCH3 is 3. The number of aromatic nitrogens is 1. The highest BCUT2D eigenvalue weighted by Crippen LogP contribution is 2.73. The average Bonchev–Trinajstić information content (AvgIpc) is 2.80. The maximum absolute atomic E-state index is 11.9. The van der Waals surface area contributed by atoms with Gasteiger partial charge < -0.3 is 24.8 Å². The van der Waals surface area contributed by atoms with Gasteiger partial charge in [-0.3, -0.25) is 4.79 Å². The van der Waals surface area contributed by atoms with Crippen molar-refractivity contribution in [3.8, 4) is 11.5 Å². The number of benzene rings is 2. The highest BCUT2D eigenvalue weighted by molar-refractivity contribution is 6.00. The van der Waals surface area contributed by atoms with Gasteiger partial charge in [-0.2, -0.15) is 0 Å². The van der Waals surface area contributed by atoms with E-state index in [4.69, 9.17) is 14.2 Å². The second-order valence-corrected chi connectivity index (χ2v) is 9.25. The molecule has 0 amide bonds. The monoisotopic (exact) mass is 447 g/mol. The highest BCUT2D eigenvalue weighted by atomic mass is 16.5. The molecule has 2 bridgehead atoms. The molecule has 0 unspecified atom stereocenters. The van der Waals surface area contributed by atoms with Gasteiger partial charge >= 0.3 is 5.97 Å². The highest BCUT2D eigenvalue weighted by Gasteiger charge is 2.71. The summed E-state index contributed by atoms with van der Waals surface area (Å²) in [6, 6.07) is 14.1. The molecule has 0 atom stereocenters. The first-order valence-electron chi connectivity index (χ1n) is 11.2. The second-order valence-electron chi connectivity index (χ2n) is 9.25. The molecule has 3 aromatic rings. The summed E-state index contributed by atoms with van der Waals surface area (Å²) < 4.78 is 15.8. The number of rotatable bonds is 9. The minimum absolute atomic E-state index is 0.0511. The molecule has 3 saturated carbocycles. The van der Waals surface area contributed by atoms with Crippen LogP contribution in [0.4, 0.5) is 11.5 Å². The van der Waals surface area contributed by atoms with Crippen LogP contribution >= 0.6 is 0 Å². The van der Waals surface area contributed by atoms with Gasteiger partial charge in [0.1, 0.15) is 17.3 Å². The number of carbonyl (C=O) groups is 1. The van der Waals surface area contributed by atoms with Gasteiger partial charge in [0, 0.05) is 47.4 Å². The Labute approximate surface area is 193 Å². The predicted octanol–water partition coefficient (Wildman–Crippen LogP) is 4.62. The molecule has 2 N–H and O–H groups in total. The molecule has 2 aromatic carbocycles. The summed E-state index contributed by atoms with van der Waals surface area (Å²) in [6.45, 7) is 1.44. The molecule has 0 aliphatic heterocycles. The summed E-state index contributed by atoms with van der Waals surface area (Å²) in [5, 5.41) is 9.26. The van der Waals surface area contributed by atoms with Crippen LogP contribution in [0.1, 0.15) is 24.8 Å². The van der Waals surface area contributed by atoms with Crippen molar-refractivity contribution >= 4 is 28.2 Å². The standard InChI is InChI=1S/C26H29N3O4/c1-31-18-8-7-17(22(11-18)32-2)12-28-23-20-5-4-6-21(19(20)9-10-27-23)29-16-25-13-26(14-25,15-25)24(30)33-3/h4-11,29H,12-16H2,1-3H3,(H,27,28). The number of ether oxygens (including phenoxy) is 3. The quantitative estimate of drug-likeness (QED) is 0.463. The van der Waals surface area contributed by atoms with Crippen LogP contribution in [0.3, 0.4) is 0 Å². The van der Waals surface area contributed by atoms with Gasteiger partial charge in [-0.1, -0.05) is 12.1 Å². The van der Waals surface area contributed by atoms with E-state index in [0.717, 1.165) is 65.1 Å². The van der Waals surface area contributed by atoms with Crippen molar-refractivity contribution in [2.45, 2.75) is 25.8 Å². The van der Waals surface area contributed by atoms with E-state index < -0.39 is 0 Å². The summed E-state index contributed by atoms with van der Waals surface area (Å²) in [4.78, 5) is 16.5. The Morgan fingerprint density at radius 2 is 1.82 bits per heavy atom. The molecule has 0 spiro atoms. The minimum Gasteiger partial charge on any atom is -0.497 e. The smallest absolute Gasteiger partial charge is 0.311 e. The maximum atomic E-state index is 11.9. The average molecular weight is 448 g/mol. The molecule has 6 rings (SSSR count). The zero-order valence-electron chi connectivity index (χ0n) is 19.2. The van der Waals surface area contributed by atoms with Crippen molar-refractivity contribution in [3.05, 3.63) is 54.2 Å². The van der Waals surface area contributed by atoms with Crippen LogP contribution in [-0.4, -0.2) is 38.8 Å². The van der Waals surface area contributed by atoms with Gasteiger partial charge in [0.2, 0.25) is 0 Å². The van der Waals surface area contributed by atoms with Crippen LogP contribution in [0.15, 0.2) is 48.7 Å². The van der Waals surface area contributed by atoms with Crippen LogP contribution in [0.25, 0.3) is 10.8 Å². The molecule has 3 aliphatic rings. The molecular weight excluding hydrogens is 418 g/mol. The molecule has 7 heteroatoms. The molecule has 172 valence electrons. The van der Waals surface area contributed by atoms with Crippen LogP contribution in [0.5, 0.6) is 11.5 Å². The van der Waals surface area contributed by atoms with Gasteiger partial charge in [0.05, 0.1) is 26.7 Å². The Bertz CT molecular complexity index is 1190. The van der Waals surface area contributed by atoms with E-state index in [0.29, 0.717) is 6.54 Å². The second kappa shape index (κ2) is 8.14. The van der Waals surface area contributed by atoms with Gasteiger partial charge in [-0.15, -0.1) is 0 Å². The SMILES string of the molecule is COC(=O)C12CC(CNc3cccc4c(NCc5ccc(OC)cc5OC)nccc34)(C1)C2. The first-order chi connectivity index (χ1) is 16.0. The predicted molar refractivity (Wildman–Crippen MR) is 128 cm³/mol. The Morgan fingerprint density at radius 3 is 2.55 bits per heavy atom. The van der Waals surface area contributed by atoms with Gasteiger partial charge in [0.25, 0.3) is 0 Å². The number of nitrogens with one attached hydrogen (secondary N) is 2. The van der Waals surface area contributed by atoms with E-state index >= 15 is 0 Å². The number of pyridine rings is 1. The Morgan fingerprint density at radius 1 is 1.00 bits per heavy atom. The summed E-state index contributed by atoms with van der Waals surface area (Å²) in [5.41, 5.74) is 2.11. The molecular formula is C26H29N3O4. The number of hydrogen-bond donors (Lipinski definition) is 2. The van der Waals surface area contributed by atoms with Crippen molar-refractivity contribution in [1.82, 2.24) is 4.98 Å². The van der Waals surface area contributed by atoms with E-state index in [9.17, 15) is 4.79 Å². The van der Waals surface area contributed by atoms with Gasteiger partial charge in [-0.05, 0) is 48.9 Å². The lowest BCUT2D eigenvalue weighted by Crippen LogP contribution is -2.67. The van der Waals surface area contributed by atoms with E-state index in [1.54, 1.807) is 14.2 Å². The number of esters is 1. The summed E-state index contributed by atoms with van der Waals surface area (Å²) >= 11 is 0. The van der Waals surface area contributed by atoms with Crippen molar-refractivity contribution in [1.29, 1.82) is 0 Å². The molecule has 1 aromatic heterocycles. The topological polar surface area (TPSA) is 81.7 Å². The number of fused-ring (bicyclic) bond motifs is 1. The third-order valence-electron chi connectivity index (χ3n) is 7.16. The molecule has 3 aliphatic carbocycles. The number of hydrogen-bond acceptors (Lipinski definition) is 7. The van der Waals surface area contributed by atoms with Crippen molar-refractivity contribution < 1.29 is 19.0 Å². The lowest BCUT2D eigenvalue weighted by Gasteiger charge is -2.68. The molecule has 7 nitrogen and oxygen atoms in total. The fraction of sp³-hybridized carbons (Fsp3) is 0.385. The number of carbonyl (C=O) groups excluding carboxylic acids is 1. The number of anilines is 2. The first-order valence-corrected chi connectivity index (χ1v) is 11.2. The lowest BCUT2D eigenvalue weighted by molar-refractivity contribution is -0.220. The molecule has 1 heterocycles. The third-order valence-corrected chi connectivity index (χ3v) is 7.16. The third kappa shape index (κ3) is 3.61. The molecule has 0 saturated heterocycles. The minimum atomic E-state index is -0.210. The molecule has 3 fully saturated rings. The largest absolute Gasteiger partial charge is 0.497 e. The Balaban J connectivity index is 1.29. The zero-order valence-corrected chi connectivity index (χ0v) is 19.2. The number of nitrogens with zero attached hydrogens (tertiary/aromatic N) is 1. The van der Waals surface area contributed by atoms with Crippen LogP contribution < -0.4 is 20.1 Å². The Hall–Kier alpha value is -3.48. The van der Waals surface area contributed by atoms with E-state index in [1.807, 2.05) is 36.5 Å². The van der Waals surface area contributed by atoms with Crippen molar-refractivity contribution in [2.75, 3.05) is 38.5 Å². The first kappa shape index (κ1) is 21.4. The molecule has 0 radical (unpaired) electrons. The van der Waals surface area contributed by atoms with Crippen LogP contribution in [0, 0.1) is 10.8 Å². The Kier molecular flexibility index (Phi) is 5.27. The van der Waals surface area contributed by atoms with E-state index in [-0.39, 0.29) is 16.8 Å². The summed E-state index contributed by atoms with van der Waals surface area (Å²) in [6.07, 6.45) is 4.59.